The van der Waals surface area contributed by atoms with Gasteiger partial charge >= 0.3 is 0 Å². The average molecular weight is 411 g/mol. The second kappa shape index (κ2) is 9.62. The Kier molecular flexibility index (Phi) is 7.88. The number of hydrogen-bond donors (Lipinski definition) is 0. The van der Waals surface area contributed by atoms with E-state index in [1.165, 1.54) is 11.1 Å². The molecule has 2 aliphatic rings. The van der Waals surface area contributed by atoms with E-state index in [0.29, 0.717) is 12.3 Å². The lowest BCUT2D eigenvalue weighted by Crippen LogP contribution is -2.33. The third kappa shape index (κ3) is 5.50. The highest BCUT2D eigenvalue weighted by Crippen LogP contribution is 2.47. The van der Waals surface area contributed by atoms with Crippen LogP contribution in [0.25, 0.3) is 0 Å². The molecule has 2 heteroatoms. The standard InChI is InChI=1S/C28H42O2/c1-9-22(29)18-23(26-20(3)13-11-17-28(26,7)8)21(4)25(30)15-14-24-19(2)12-10-16-27(24,5)6/h12-15,18,21,24,26H,9-11,16-17H2,1-8H3/b15-14+,23-18?. The van der Waals surface area contributed by atoms with Crippen molar-refractivity contribution in [3.63, 3.8) is 0 Å². The minimum absolute atomic E-state index is 0.0433. The van der Waals surface area contributed by atoms with Gasteiger partial charge in [-0.1, -0.05) is 70.9 Å². The summed E-state index contributed by atoms with van der Waals surface area (Å²) in [5, 5.41) is 0. The first-order valence-corrected chi connectivity index (χ1v) is 11.7. The van der Waals surface area contributed by atoms with Crippen LogP contribution in [0.3, 0.4) is 0 Å². The zero-order valence-electron chi connectivity index (χ0n) is 20.5. The number of rotatable bonds is 7. The predicted octanol–water partition coefficient (Wildman–Crippen LogP) is 7.42. The largest absolute Gasteiger partial charge is 0.295 e. The summed E-state index contributed by atoms with van der Waals surface area (Å²) in [5.41, 5.74) is 3.84. The van der Waals surface area contributed by atoms with E-state index in [0.717, 1.165) is 31.3 Å². The van der Waals surface area contributed by atoms with Gasteiger partial charge in [-0.2, -0.15) is 0 Å². The van der Waals surface area contributed by atoms with Crippen molar-refractivity contribution in [2.45, 2.75) is 87.5 Å². The van der Waals surface area contributed by atoms with Gasteiger partial charge in [0, 0.05) is 24.2 Å². The quantitative estimate of drug-likeness (QED) is 0.323. The molecule has 3 atom stereocenters. The van der Waals surface area contributed by atoms with E-state index in [4.69, 9.17) is 0 Å². The monoisotopic (exact) mass is 410 g/mol. The Labute approximate surface area is 184 Å². The van der Waals surface area contributed by atoms with E-state index in [1.54, 1.807) is 12.2 Å². The Morgan fingerprint density at radius 2 is 1.60 bits per heavy atom. The van der Waals surface area contributed by atoms with Crippen molar-refractivity contribution in [2.75, 3.05) is 0 Å². The highest BCUT2D eigenvalue weighted by atomic mass is 16.1. The fourth-order valence-electron chi connectivity index (χ4n) is 5.49. The SMILES string of the molecule is CCC(=O)C=C(C(C)C(=O)/C=C/C1C(C)=CCCC1(C)C)C1C(C)=CCCC1(C)C. The predicted molar refractivity (Wildman–Crippen MR) is 127 cm³/mol. The van der Waals surface area contributed by atoms with Gasteiger partial charge in [-0.05, 0) is 68.1 Å². The van der Waals surface area contributed by atoms with E-state index < -0.39 is 0 Å². The summed E-state index contributed by atoms with van der Waals surface area (Å²) >= 11 is 0. The Morgan fingerprint density at radius 3 is 2.13 bits per heavy atom. The zero-order valence-corrected chi connectivity index (χ0v) is 20.5. The van der Waals surface area contributed by atoms with Gasteiger partial charge in [-0.3, -0.25) is 9.59 Å². The first-order valence-electron chi connectivity index (χ1n) is 11.7. The van der Waals surface area contributed by atoms with Crippen molar-refractivity contribution in [3.8, 4) is 0 Å². The Bertz CT molecular complexity index is 785. The van der Waals surface area contributed by atoms with Crippen LogP contribution in [0.5, 0.6) is 0 Å². The van der Waals surface area contributed by atoms with E-state index in [9.17, 15) is 9.59 Å². The van der Waals surface area contributed by atoms with Crippen molar-refractivity contribution in [2.24, 2.45) is 28.6 Å². The zero-order chi connectivity index (χ0) is 22.7. The van der Waals surface area contributed by atoms with Crippen LogP contribution in [-0.2, 0) is 9.59 Å². The minimum Gasteiger partial charge on any atom is -0.295 e. The molecule has 0 amide bonds. The van der Waals surface area contributed by atoms with Crippen LogP contribution in [0.4, 0.5) is 0 Å². The molecule has 30 heavy (non-hydrogen) atoms. The molecule has 0 spiro atoms. The molecule has 2 aliphatic carbocycles. The Morgan fingerprint density at radius 1 is 1.03 bits per heavy atom. The maximum atomic E-state index is 13.3. The van der Waals surface area contributed by atoms with E-state index >= 15 is 0 Å². The number of carbonyl (C=O) groups excluding carboxylic acids is 2. The van der Waals surface area contributed by atoms with Crippen molar-refractivity contribution in [1.29, 1.82) is 0 Å². The summed E-state index contributed by atoms with van der Waals surface area (Å²) < 4.78 is 0. The third-order valence-corrected chi connectivity index (χ3v) is 7.47. The maximum absolute atomic E-state index is 13.3. The van der Waals surface area contributed by atoms with Crippen LogP contribution in [0.1, 0.15) is 87.5 Å². The number of hydrogen-bond acceptors (Lipinski definition) is 2. The van der Waals surface area contributed by atoms with Gasteiger partial charge in [0.25, 0.3) is 0 Å². The second-order valence-electron chi connectivity index (χ2n) is 10.8. The molecule has 0 aromatic rings. The van der Waals surface area contributed by atoms with Gasteiger partial charge in [0.15, 0.2) is 11.6 Å². The number of allylic oxidation sites excluding steroid dienone is 8. The van der Waals surface area contributed by atoms with Gasteiger partial charge in [0.2, 0.25) is 0 Å². The van der Waals surface area contributed by atoms with Crippen LogP contribution in [0.15, 0.2) is 47.1 Å². The molecule has 0 fully saturated rings. The highest BCUT2D eigenvalue weighted by molar-refractivity contribution is 5.96. The van der Waals surface area contributed by atoms with Crippen molar-refractivity contribution < 1.29 is 9.59 Å². The van der Waals surface area contributed by atoms with E-state index in [2.05, 4.69) is 59.8 Å². The summed E-state index contributed by atoms with van der Waals surface area (Å²) in [6.07, 6.45) is 15.1. The lowest BCUT2D eigenvalue weighted by molar-refractivity contribution is -0.117. The molecule has 0 radical (unpaired) electrons. The molecule has 0 saturated carbocycles. The van der Waals surface area contributed by atoms with Crippen LogP contribution in [0.2, 0.25) is 0 Å². The normalized spacial score (nSPS) is 27.4. The molecule has 0 saturated heterocycles. The van der Waals surface area contributed by atoms with E-state index in [1.807, 2.05) is 13.8 Å². The van der Waals surface area contributed by atoms with Crippen LogP contribution in [-0.4, -0.2) is 11.6 Å². The summed E-state index contributed by atoms with van der Waals surface area (Å²) in [5.74, 6) is 0.351. The van der Waals surface area contributed by atoms with Gasteiger partial charge in [-0.25, -0.2) is 0 Å². The molecule has 0 bridgehead atoms. The lowest BCUT2D eigenvalue weighted by Gasteiger charge is -2.41. The van der Waals surface area contributed by atoms with Crippen molar-refractivity contribution in [3.05, 3.63) is 47.1 Å². The molecule has 0 aliphatic heterocycles. The molecule has 0 N–H and O–H groups in total. The molecule has 0 aromatic carbocycles. The fraction of sp³-hybridized carbons (Fsp3) is 0.643. The fourth-order valence-corrected chi connectivity index (χ4v) is 5.49. The Hall–Kier alpha value is -1.70. The molecular weight excluding hydrogens is 368 g/mol. The smallest absolute Gasteiger partial charge is 0.162 e. The molecule has 2 nitrogen and oxygen atoms in total. The molecule has 0 heterocycles. The first-order chi connectivity index (χ1) is 13.9. The topological polar surface area (TPSA) is 34.1 Å². The third-order valence-electron chi connectivity index (χ3n) is 7.47. The maximum Gasteiger partial charge on any atom is 0.162 e. The second-order valence-corrected chi connectivity index (χ2v) is 10.8. The number of carbonyl (C=O) groups is 2. The molecule has 166 valence electrons. The minimum atomic E-state index is -0.293. The highest BCUT2D eigenvalue weighted by Gasteiger charge is 2.38. The molecule has 0 aromatic heterocycles. The van der Waals surface area contributed by atoms with Crippen molar-refractivity contribution in [1.82, 2.24) is 0 Å². The van der Waals surface area contributed by atoms with Gasteiger partial charge < -0.3 is 0 Å². The van der Waals surface area contributed by atoms with Crippen LogP contribution < -0.4 is 0 Å². The van der Waals surface area contributed by atoms with Gasteiger partial charge in [0.1, 0.15) is 0 Å². The van der Waals surface area contributed by atoms with Gasteiger partial charge in [-0.15, -0.1) is 0 Å². The van der Waals surface area contributed by atoms with E-state index in [-0.39, 0.29) is 34.2 Å². The summed E-state index contributed by atoms with van der Waals surface area (Å²) in [4.78, 5) is 25.7. The molecule has 2 rings (SSSR count). The summed E-state index contributed by atoms with van der Waals surface area (Å²) in [6, 6.07) is 0. The summed E-state index contributed by atoms with van der Waals surface area (Å²) in [7, 11) is 0. The summed E-state index contributed by atoms with van der Waals surface area (Å²) in [6.45, 7) is 17.3. The van der Waals surface area contributed by atoms with Crippen LogP contribution in [0, 0.1) is 28.6 Å². The van der Waals surface area contributed by atoms with Crippen molar-refractivity contribution >= 4 is 11.6 Å². The lowest BCUT2D eigenvalue weighted by atomic mass is 9.63. The number of ketones is 2. The Balaban J connectivity index is 2.36. The molecule has 3 unspecified atom stereocenters. The van der Waals surface area contributed by atoms with Gasteiger partial charge in [0.05, 0.1) is 0 Å². The molecular formula is C28H42O2. The van der Waals surface area contributed by atoms with Crippen LogP contribution >= 0.6 is 0 Å². The first kappa shape index (κ1) is 24.6. The average Bonchev–Trinajstić information content (AvgIpc) is 2.64.